The number of hydrogen-bond acceptors (Lipinski definition) is 2. The number of benzene rings is 1. The molecule has 0 spiro atoms. The van der Waals surface area contributed by atoms with Crippen LogP contribution in [0.1, 0.15) is 41.5 Å². The Hall–Kier alpha value is -1.33. The van der Waals surface area contributed by atoms with Gasteiger partial charge in [-0.15, -0.1) is 0 Å². The van der Waals surface area contributed by atoms with Crippen LogP contribution in [0.2, 0.25) is 0 Å². The van der Waals surface area contributed by atoms with E-state index in [4.69, 9.17) is 15.4 Å². The molecule has 0 aliphatic carbocycles. The summed E-state index contributed by atoms with van der Waals surface area (Å²) in [7, 11) is 6.14. The van der Waals surface area contributed by atoms with E-state index in [1.807, 2.05) is 0 Å². The molecule has 4 heteroatoms. The van der Waals surface area contributed by atoms with E-state index in [0.717, 1.165) is 11.0 Å². The fourth-order valence-electron chi connectivity index (χ4n) is 2.66. The predicted molar refractivity (Wildman–Crippen MR) is 113 cm³/mol. The predicted octanol–water partition coefficient (Wildman–Crippen LogP) is 4.58. The molecular weight excluding hydrogens is 385 g/mol. The Labute approximate surface area is 160 Å². The van der Waals surface area contributed by atoms with Crippen LogP contribution < -0.4 is 13.6 Å². The van der Waals surface area contributed by atoms with Crippen LogP contribution in [0, 0.1) is 0 Å². The third-order valence-electron chi connectivity index (χ3n) is 3.58. The molecule has 2 aromatic rings. The van der Waals surface area contributed by atoms with Crippen molar-refractivity contribution in [2.24, 2.45) is 4.99 Å². The average Bonchev–Trinajstić information content (AvgIpc) is 2.71. The van der Waals surface area contributed by atoms with Crippen LogP contribution in [0.3, 0.4) is 0 Å². The van der Waals surface area contributed by atoms with E-state index >= 15 is 0 Å². The Morgan fingerprint density at radius 1 is 0.800 bits per heavy atom. The normalized spacial score (nSPS) is 12.8. The van der Waals surface area contributed by atoms with E-state index in [9.17, 15) is 0 Å². The molecule has 0 heterocycles. The molecule has 132 valence electrons. The second kappa shape index (κ2) is 7.92. The summed E-state index contributed by atoms with van der Waals surface area (Å²) >= 11 is -2.13. The van der Waals surface area contributed by atoms with Gasteiger partial charge in [-0.1, -0.05) is 0 Å². The van der Waals surface area contributed by atoms with Crippen LogP contribution in [0.25, 0.3) is 0 Å². The van der Waals surface area contributed by atoms with Gasteiger partial charge in [-0.25, -0.2) is 0 Å². The maximum absolute atomic E-state index is 6.14. The van der Waals surface area contributed by atoms with Crippen LogP contribution in [0.5, 0.6) is 0 Å². The SMILES string of the molecule is CC(C)(C)N=c1cccccc1[N]([Ge](=[S])[c]1ccccc1)C(C)(C)C. The van der Waals surface area contributed by atoms with Gasteiger partial charge in [-0.2, -0.15) is 0 Å². The van der Waals surface area contributed by atoms with E-state index < -0.39 is 12.9 Å². The monoisotopic (exact) mass is 414 g/mol. The van der Waals surface area contributed by atoms with E-state index in [0.29, 0.717) is 0 Å². The molecule has 0 N–H and O–H groups in total. The molecule has 0 aliphatic heterocycles. The van der Waals surface area contributed by atoms with E-state index in [1.165, 1.54) is 4.40 Å². The van der Waals surface area contributed by atoms with E-state index in [2.05, 4.69) is 106 Å². The van der Waals surface area contributed by atoms with Gasteiger partial charge >= 0.3 is 161 Å². The van der Waals surface area contributed by atoms with Crippen LogP contribution >= 0.6 is 10.5 Å². The number of anilines is 1. The molecule has 0 saturated carbocycles. The molecular formula is C21H28GeN2S. The number of rotatable bonds is 3. The first kappa shape index (κ1) is 20.0. The van der Waals surface area contributed by atoms with Crippen molar-refractivity contribution in [3.05, 3.63) is 66.0 Å². The number of hydrogen-bond donors (Lipinski definition) is 0. The van der Waals surface area contributed by atoms with Crippen LogP contribution in [0.4, 0.5) is 5.69 Å². The summed E-state index contributed by atoms with van der Waals surface area (Å²) in [6, 6.07) is 21.0. The number of nitrogens with zero attached hydrogens (tertiary/aromatic N) is 2. The Morgan fingerprint density at radius 3 is 1.84 bits per heavy atom. The molecule has 2 aromatic carbocycles. The zero-order chi connectivity index (χ0) is 18.7. The summed E-state index contributed by atoms with van der Waals surface area (Å²) in [5, 5.41) is 1.01. The first-order valence-corrected chi connectivity index (χ1v) is 13.6. The van der Waals surface area contributed by atoms with E-state index in [1.54, 1.807) is 0 Å². The molecule has 0 aromatic heterocycles. The van der Waals surface area contributed by atoms with Gasteiger partial charge < -0.3 is 0 Å². The van der Waals surface area contributed by atoms with Crippen LogP contribution in [-0.4, -0.2) is 24.0 Å². The van der Waals surface area contributed by atoms with Gasteiger partial charge in [0.2, 0.25) is 0 Å². The minimum absolute atomic E-state index is 0.0660. The Kier molecular flexibility index (Phi) is 6.33. The zero-order valence-electron chi connectivity index (χ0n) is 16.1. The molecule has 25 heavy (non-hydrogen) atoms. The molecule has 0 unspecified atom stereocenters. The van der Waals surface area contributed by atoms with Gasteiger partial charge in [-0.3, -0.25) is 0 Å². The molecule has 2 rings (SSSR count). The zero-order valence-corrected chi connectivity index (χ0v) is 19.0. The Morgan fingerprint density at radius 2 is 1.32 bits per heavy atom. The van der Waals surface area contributed by atoms with Gasteiger partial charge in [0.05, 0.1) is 0 Å². The van der Waals surface area contributed by atoms with Crippen molar-refractivity contribution in [2.45, 2.75) is 52.6 Å². The quantitative estimate of drug-likeness (QED) is 0.685. The summed E-state index contributed by atoms with van der Waals surface area (Å²) in [5.74, 6) is 0. The third-order valence-corrected chi connectivity index (χ3v) is 10.3. The maximum atomic E-state index is 6.14. The van der Waals surface area contributed by atoms with Crippen molar-refractivity contribution in [1.82, 2.24) is 0 Å². The molecule has 0 amide bonds. The summed E-state index contributed by atoms with van der Waals surface area (Å²) in [4.78, 5) is 4.98. The van der Waals surface area contributed by atoms with E-state index in [-0.39, 0.29) is 11.1 Å². The average molecular weight is 413 g/mol. The van der Waals surface area contributed by atoms with Crippen molar-refractivity contribution in [2.75, 3.05) is 3.86 Å². The molecule has 0 aliphatic rings. The summed E-state index contributed by atoms with van der Waals surface area (Å²) in [5.41, 5.74) is 0.936. The Bertz CT molecular complexity index is 802. The molecule has 2 nitrogen and oxygen atoms in total. The van der Waals surface area contributed by atoms with Crippen molar-refractivity contribution < 1.29 is 0 Å². The first-order valence-electron chi connectivity index (χ1n) is 8.64. The minimum atomic E-state index is -2.13. The molecule has 0 radical (unpaired) electrons. The van der Waals surface area contributed by atoms with Crippen molar-refractivity contribution >= 4 is 33.5 Å². The van der Waals surface area contributed by atoms with Gasteiger partial charge in [0.1, 0.15) is 0 Å². The van der Waals surface area contributed by atoms with Crippen molar-refractivity contribution in [1.29, 1.82) is 0 Å². The fraction of sp³-hybridized carbons (Fsp3) is 0.381. The fourth-order valence-corrected chi connectivity index (χ4v) is 8.98. The van der Waals surface area contributed by atoms with Gasteiger partial charge in [-0.05, 0) is 0 Å². The van der Waals surface area contributed by atoms with Crippen LogP contribution in [0.15, 0.2) is 65.7 Å². The summed E-state index contributed by atoms with van der Waals surface area (Å²) in [6.07, 6.45) is 0. The molecule has 0 fully saturated rings. The van der Waals surface area contributed by atoms with Gasteiger partial charge in [0, 0.05) is 0 Å². The van der Waals surface area contributed by atoms with Gasteiger partial charge in [0.25, 0.3) is 0 Å². The standard InChI is InChI=1S/C21H28GeN2S/c1-20(2,3)23-18-15-11-8-12-16-19(18)24(21(4,5)6)22(25)17-13-9-7-10-14-17/h7-16H,1-6H3. The second-order valence-corrected chi connectivity index (χ2v) is 13.6. The summed E-state index contributed by atoms with van der Waals surface area (Å²) in [6.45, 7) is 13.1. The second-order valence-electron chi connectivity index (χ2n) is 8.14. The molecule has 0 bridgehead atoms. The molecule has 0 saturated heterocycles. The topological polar surface area (TPSA) is 15.6 Å². The first-order chi connectivity index (χ1) is 11.6. The molecule has 0 atom stereocenters. The Balaban J connectivity index is 2.72. The van der Waals surface area contributed by atoms with Crippen LogP contribution in [-0.2, 0) is 0 Å². The van der Waals surface area contributed by atoms with Gasteiger partial charge in [0.15, 0.2) is 0 Å². The van der Waals surface area contributed by atoms with Crippen molar-refractivity contribution in [3.8, 4) is 0 Å². The van der Waals surface area contributed by atoms with Crippen molar-refractivity contribution in [3.63, 3.8) is 0 Å². The summed E-state index contributed by atoms with van der Waals surface area (Å²) < 4.78 is 3.75. The third kappa shape index (κ3) is 5.58.